The molecule has 0 aliphatic carbocycles. The fourth-order valence-corrected chi connectivity index (χ4v) is 1.99. The monoisotopic (exact) mass is 273 g/mol. The molecule has 2 aromatic rings. The SMILES string of the molecule is COc1ccccc1-c1cnc(CO)cc1COC=O. The highest BCUT2D eigenvalue weighted by molar-refractivity contribution is 5.72. The van der Waals surface area contributed by atoms with E-state index in [2.05, 4.69) is 4.98 Å². The molecule has 2 rings (SSSR count). The van der Waals surface area contributed by atoms with Gasteiger partial charge in [-0.2, -0.15) is 0 Å². The van der Waals surface area contributed by atoms with Gasteiger partial charge in [-0.3, -0.25) is 9.78 Å². The second kappa shape index (κ2) is 6.68. The largest absolute Gasteiger partial charge is 0.496 e. The van der Waals surface area contributed by atoms with Crippen LogP contribution in [-0.4, -0.2) is 23.7 Å². The Labute approximate surface area is 116 Å². The van der Waals surface area contributed by atoms with Crippen molar-refractivity contribution in [3.63, 3.8) is 0 Å². The van der Waals surface area contributed by atoms with Gasteiger partial charge in [0.25, 0.3) is 6.47 Å². The van der Waals surface area contributed by atoms with Gasteiger partial charge in [-0.05, 0) is 12.1 Å². The molecule has 0 unspecified atom stereocenters. The average Bonchev–Trinajstić information content (AvgIpc) is 2.52. The zero-order valence-corrected chi connectivity index (χ0v) is 11.1. The molecule has 0 atom stereocenters. The minimum Gasteiger partial charge on any atom is -0.496 e. The molecule has 1 heterocycles. The third-order valence-electron chi connectivity index (χ3n) is 2.91. The number of rotatable bonds is 6. The number of pyridine rings is 1. The second-order valence-electron chi connectivity index (χ2n) is 4.10. The summed E-state index contributed by atoms with van der Waals surface area (Å²) in [7, 11) is 1.59. The first-order chi connectivity index (χ1) is 9.80. The number of aliphatic hydroxyl groups is 1. The highest BCUT2D eigenvalue weighted by Crippen LogP contribution is 2.32. The van der Waals surface area contributed by atoms with Crippen molar-refractivity contribution in [2.75, 3.05) is 7.11 Å². The standard InChI is InChI=1S/C15H15NO4/c1-19-15-5-3-2-4-13(15)14-7-16-12(8-17)6-11(14)9-20-10-18/h2-7,10,17H,8-9H2,1H3. The van der Waals surface area contributed by atoms with E-state index >= 15 is 0 Å². The Bertz CT molecular complexity index is 598. The van der Waals surface area contributed by atoms with E-state index in [9.17, 15) is 4.79 Å². The van der Waals surface area contributed by atoms with Crippen LogP contribution in [0.4, 0.5) is 0 Å². The molecule has 5 nitrogen and oxygen atoms in total. The number of hydrogen-bond donors (Lipinski definition) is 1. The number of para-hydroxylation sites is 1. The summed E-state index contributed by atoms with van der Waals surface area (Å²) in [4.78, 5) is 14.6. The molecule has 20 heavy (non-hydrogen) atoms. The molecule has 1 aromatic carbocycles. The summed E-state index contributed by atoms with van der Waals surface area (Å²) in [6.45, 7) is 0.345. The topological polar surface area (TPSA) is 68.7 Å². The summed E-state index contributed by atoms with van der Waals surface area (Å²) >= 11 is 0. The fourth-order valence-electron chi connectivity index (χ4n) is 1.99. The molecule has 0 radical (unpaired) electrons. The van der Waals surface area contributed by atoms with Crippen LogP contribution in [0.1, 0.15) is 11.3 Å². The molecule has 0 amide bonds. The lowest BCUT2D eigenvalue weighted by molar-refractivity contribution is -0.129. The van der Waals surface area contributed by atoms with Gasteiger partial charge in [0.2, 0.25) is 0 Å². The number of benzene rings is 1. The van der Waals surface area contributed by atoms with Gasteiger partial charge in [0.1, 0.15) is 12.4 Å². The quantitative estimate of drug-likeness (QED) is 0.814. The van der Waals surface area contributed by atoms with E-state index in [0.717, 1.165) is 16.7 Å². The third kappa shape index (κ3) is 2.95. The number of aliphatic hydroxyl groups excluding tert-OH is 1. The van der Waals surface area contributed by atoms with Crippen LogP contribution in [-0.2, 0) is 22.7 Å². The molecule has 0 aliphatic heterocycles. The molecule has 0 bridgehead atoms. The Morgan fingerprint density at radius 3 is 2.80 bits per heavy atom. The van der Waals surface area contributed by atoms with Crippen molar-refractivity contribution in [1.29, 1.82) is 0 Å². The average molecular weight is 273 g/mol. The lowest BCUT2D eigenvalue weighted by atomic mass is 10.0. The highest BCUT2D eigenvalue weighted by atomic mass is 16.5. The molecule has 1 N–H and O–H groups in total. The number of methoxy groups -OCH3 is 1. The second-order valence-corrected chi connectivity index (χ2v) is 4.10. The van der Waals surface area contributed by atoms with E-state index in [1.165, 1.54) is 0 Å². The van der Waals surface area contributed by atoms with Crippen LogP contribution in [0, 0.1) is 0 Å². The number of carbonyl (C=O) groups is 1. The van der Waals surface area contributed by atoms with Crippen LogP contribution in [0.25, 0.3) is 11.1 Å². The molecule has 0 saturated carbocycles. The zero-order chi connectivity index (χ0) is 14.4. The lowest BCUT2D eigenvalue weighted by Crippen LogP contribution is -2.00. The molecular weight excluding hydrogens is 258 g/mol. The number of hydrogen-bond acceptors (Lipinski definition) is 5. The van der Waals surface area contributed by atoms with Crippen molar-refractivity contribution < 1.29 is 19.4 Å². The maximum atomic E-state index is 10.4. The van der Waals surface area contributed by atoms with Crippen molar-refractivity contribution in [2.45, 2.75) is 13.2 Å². The molecule has 0 spiro atoms. The number of carbonyl (C=O) groups excluding carboxylic acids is 1. The Kier molecular flexibility index (Phi) is 4.68. The van der Waals surface area contributed by atoms with Crippen LogP contribution in [0.2, 0.25) is 0 Å². The molecule has 0 fully saturated rings. The summed E-state index contributed by atoms with van der Waals surface area (Å²) in [5.74, 6) is 0.707. The predicted molar refractivity (Wildman–Crippen MR) is 73.0 cm³/mol. The van der Waals surface area contributed by atoms with E-state index in [1.54, 1.807) is 19.4 Å². The van der Waals surface area contributed by atoms with Crippen LogP contribution in [0.3, 0.4) is 0 Å². The minimum atomic E-state index is -0.166. The summed E-state index contributed by atoms with van der Waals surface area (Å²) in [6.07, 6.45) is 1.65. The zero-order valence-electron chi connectivity index (χ0n) is 11.1. The van der Waals surface area contributed by atoms with E-state index in [4.69, 9.17) is 14.6 Å². The number of nitrogens with zero attached hydrogens (tertiary/aromatic N) is 1. The van der Waals surface area contributed by atoms with E-state index < -0.39 is 0 Å². The lowest BCUT2D eigenvalue weighted by Gasteiger charge is -2.13. The van der Waals surface area contributed by atoms with Gasteiger partial charge in [0.05, 0.1) is 19.4 Å². The number of aromatic nitrogens is 1. The first-order valence-electron chi connectivity index (χ1n) is 6.07. The fraction of sp³-hybridized carbons (Fsp3) is 0.200. The Balaban J connectivity index is 2.51. The van der Waals surface area contributed by atoms with Gasteiger partial charge in [0, 0.05) is 22.9 Å². The molecule has 0 aliphatic rings. The van der Waals surface area contributed by atoms with E-state index in [0.29, 0.717) is 17.9 Å². The minimum absolute atomic E-state index is 0.117. The first kappa shape index (κ1) is 14.0. The van der Waals surface area contributed by atoms with Gasteiger partial charge in [-0.25, -0.2) is 0 Å². The predicted octanol–water partition coefficient (Wildman–Crippen LogP) is 1.92. The van der Waals surface area contributed by atoms with Crippen LogP contribution >= 0.6 is 0 Å². The van der Waals surface area contributed by atoms with Crippen molar-refractivity contribution in [1.82, 2.24) is 4.98 Å². The van der Waals surface area contributed by atoms with E-state index in [1.807, 2.05) is 24.3 Å². The summed E-state index contributed by atoms with van der Waals surface area (Å²) < 4.78 is 10.2. The maximum Gasteiger partial charge on any atom is 0.293 e. The molecule has 104 valence electrons. The first-order valence-corrected chi connectivity index (χ1v) is 6.07. The molecular formula is C15H15NO4. The Morgan fingerprint density at radius 2 is 2.10 bits per heavy atom. The van der Waals surface area contributed by atoms with Crippen molar-refractivity contribution in [3.05, 3.63) is 47.8 Å². The summed E-state index contributed by atoms with van der Waals surface area (Å²) in [6, 6.07) is 9.23. The normalized spacial score (nSPS) is 10.1. The van der Waals surface area contributed by atoms with Gasteiger partial charge in [-0.1, -0.05) is 18.2 Å². The summed E-state index contributed by atoms with van der Waals surface area (Å²) in [5.41, 5.74) is 2.95. The molecule has 1 aromatic heterocycles. The Morgan fingerprint density at radius 1 is 1.30 bits per heavy atom. The van der Waals surface area contributed by atoms with Crippen LogP contribution < -0.4 is 4.74 Å². The van der Waals surface area contributed by atoms with E-state index in [-0.39, 0.29) is 13.2 Å². The molecule has 0 saturated heterocycles. The number of ether oxygens (including phenoxy) is 2. The third-order valence-corrected chi connectivity index (χ3v) is 2.91. The maximum absolute atomic E-state index is 10.4. The van der Waals surface area contributed by atoms with Crippen LogP contribution in [0.15, 0.2) is 36.5 Å². The highest BCUT2D eigenvalue weighted by Gasteiger charge is 2.12. The van der Waals surface area contributed by atoms with Crippen LogP contribution in [0.5, 0.6) is 5.75 Å². The van der Waals surface area contributed by atoms with Crippen molar-refractivity contribution in [2.24, 2.45) is 0 Å². The summed E-state index contributed by atoms with van der Waals surface area (Å²) in [5, 5.41) is 9.15. The molecule has 5 heteroatoms. The van der Waals surface area contributed by atoms with Gasteiger partial charge in [0.15, 0.2) is 0 Å². The van der Waals surface area contributed by atoms with Gasteiger partial charge in [-0.15, -0.1) is 0 Å². The van der Waals surface area contributed by atoms with Gasteiger partial charge >= 0.3 is 0 Å². The Hall–Kier alpha value is -2.40. The van der Waals surface area contributed by atoms with Crippen molar-refractivity contribution >= 4 is 6.47 Å². The van der Waals surface area contributed by atoms with Crippen molar-refractivity contribution in [3.8, 4) is 16.9 Å². The smallest absolute Gasteiger partial charge is 0.293 e. The van der Waals surface area contributed by atoms with Gasteiger partial charge < -0.3 is 14.6 Å².